The lowest BCUT2D eigenvalue weighted by Crippen LogP contribution is -2.14. The Morgan fingerprint density at radius 2 is 1.88 bits per heavy atom. The summed E-state index contributed by atoms with van der Waals surface area (Å²) in [5, 5.41) is 10.5. The van der Waals surface area contributed by atoms with Crippen molar-refractivity contribution in [1.29, 1.82) is 0 Å². The van der Waals surface area contributed by atoms with Crippen LogP contribution in [0.2, 0.25) is 5.02 Å². The molecular weight excluding hydrogens is 448 g/mol. The molecule has 0 unspecified atom stereocenters. The highest BCUT2D eigenvalue weighted by Gasteiger charge is 2.31. The first-order valence-electron chi connectivity index (χ1n) is 9.82. The molecule has 2 heterocycles. The third kappa shape index (κ3) is 3.41. The molecule has 0 spiro atoms. The highest BCUT2D eigenvalue weighted by molar-refractivity contribution is 7.14. The molecule has 0 radical (unpaired) electrons. The normalized spacial score (nSPS) is 11.8. The zero-order valence-corrected chi connectivity index (χ0v) is 19.2. The quantitative estimate of drug-likeness (QED) is 0.392. The molecule has 0 bridgehead atoms. The number of ether oxygens (including phenoxy) is 2. The summed E-state index contributed by atoms with van der Waals surface area (Å²) in [6.07, 6.45) is 0.593. The van der Waals surface area contributed by atoms with Crippen LogP contribution in [0, 0.1) is 0 Å². The maximum atomic E-state index is 13.1. The van der Waals surface area contributed by atoms with E-state index in [0.29, 0.717) is 33.8 Å². The zero-order chi connectivity index (χ0) is 22.4. The van der Waals surface area contributed by atoms with Crippen molar-refractivity contribution in [2.45, 2.75) is 6.42 Å². The minimum absolute atomic E-state index is 0.286. The third-order valence-corrected chi connectivity index (χ3v) is 6.47. The second-order valence-corrected chi connectivity index (χ2v) is 8.63. The van der Waals surface area contributed by atoms with E-state index in [1.165, 1.54) is 11.3 Å². The Balaban J connectivity index is 1.43. The van der Waals surface area contributed by atoms with Crippen molar-refractivity contribution < 1.29 is 14.3 Å². The van der Waals surface area contributed by atoms with Gasteiger partial charge in [0.1, 0.15) is 0 Å². The number of fused-ring (bicyclic) bond motifs is 3. The van der Waals surface area contributed by atoms with Gasteiger partial charge in [0.15, 0.2) is 22.3 Å². The number of amides is 1. The molecule has 1 aliphatic rings. The van der Waals surface area contributed by atoms with E-state index in [1.54, 1.807) is 18.9 Å². The minimum atomic E-state index is -0.286. The molecule has 0 fully saturated rings. The van der Waals surface area contributed by atoms with E-state index in [2.05, 4.69) is 15.4 Å². The average Bonchev–Trinajstić information content (AvgIpc) is 3.48. The first-order valence-corrected chi connectivity index (χ1v) is 11.1. The Labute approximate surface area is 193 Å². The molecule has 7 nitrogen and oxygen atoms in total. The Bertz CT molecular complexity index is 1340. The molecule has 0 saturated heterocycles. The fourth-order valence-electron chi connectivity index (χ4n) is 3.97. The van der Waals surface area contributed by atoms with Gasteiger partial charge in [0, 0.05) is 40.6 Å². The van der Waals surface area contributed by atoms with Gasteiger partial charge in [0.05, 0.1) is 25.6 Å². The SMILES string of the molecule is COc1cc2c(cc1OC)-c1c(c(C(=O)Nc3nc(-c4ccc(Cl)cc4)cs3)nn1C)C2. The third-order valence-electron chi connectivity index (χ3n) is 5.46. The monoisotopic (exact) mass is 466 g/mol. The number of nitrogens with one attached hydrogen (secondary N) is 1. The number of anilines is 1. The van der Waals surface area contributed by atoms with Crippen molar-refractivity contribution >= 4 is 34.0 Å². The van der Waals surface area contributed by atoms with Crippen molar-refractivity contribution in [2.24, 2.45) is 7.05 Å². The second-order valence-electron chi connectivity index (χ2n) is 7.34. The zero-order valence-electron chi connectivity index (χ0n) is 17.6. The summed E-state index contributed by atoms with van der Waals surface area (Å²) >= 11 is 7.32. The molecule has 2 aromatic carbocycles. The van der Waals surface area contributed by atoms with E-state index >= 15 is 0 Å². The number of halogens is 1. The minimum Gasteiger partial charge on any atom is -0.493 e. The van der Waals surface area contributed by atoms with Crippen molar-refractivity contribution in [2.75, 3.05) is 19.5 Å². The van der Waals surface area contributed by atoms with E-state index < -0.39 is 0 Å². The van der Waals surface area contributed by atoms with Crippen LogP contribution < -0.4 is 14.8 Å². The Hall–Kier alpha value is -3.36. The number of carbonyl (C=O) groups excluding carboxylic acids is 1. The van der Waals surface area contributed by atoms with Crippen LogP contribution in [0.5, 0.6) is 11.5 Å². The fraction of sp³-hybridized carbons (Fsp3) is 0.174. The van der Waals surface area contributed by atoms with Crippen LogP contribution in [0.1, 0.15) is 21.6 Å². The molecule has 2 aromatic heterocycles. The lowest BCUT2D eigenvalue weighted by atomic mass is 10.1. The number of aromatic nitrogens is 3. The molecule has 4 aromatic rings. The van der Waals surface area contributed by atoms with Crippen molar-refractivity contribution in [3.05, 3.63) is 63.6 Å². The average molecular weight is 467 g/mol. The summed E-state index contributed by atoms with van der Waals surface area (Å²) in [6, 6.07) is 11.3. The summed E-state index contributed by atoms with van der Waals surface area (Å²) in [6.45, 7) is 0. The number of aryl methyl sites for hydroxylation is 1. The second kappa shape index (κ2) is 7.96. The first kappa shape index (κ1) is 20.5. The van der Waals surface area contributed by atoms with Gasteiger partial charge < -0.3 is 9.47 Å². The number of methoxy groups -OCH3 is 2. The smallest absolute Gasteiger partial charge is 0.278 e. The highest BCUT2D eigenvalue weighted by atomic mass is 35.5. The molecule has 1 N–H and O–H groups in total. The molecule has 0 saturated carbocycles. The van der Waals surface area contributed by atoms with E-state index in [9.17, 15) is 4.79 Å². The number of carbonyl (C=O) groups is 1. The number of nitrogens with zero attached hydrogens (tertiary/aromatic N) is 3. The molecule has 5 rings (SSSR count). The van der Waals surface area contributed by atoms with E-state index in [4.69, 9.17) is 21.1 Å². The largest absolute Gasteiger partial charge is 0.493 e. The van der Waals surface area contributed by atoms with Gasteiger partial charge in [0.25, 0.3) is 5.91 Å². The van der Waals surface area contributed by atoms with Crippen LogP contribution in [0.3, 0.4) is 0 Å². The summed E-state index contributed by atoms with van der Waals surface area (Å²) in [4.78, 5) is 17.6. The standard InChI is InChI=1S/C23H19ClN4O3S/c1-28-21-15-10-19(31-3)18(30-2)9-13(15)8-16(21)20(27-28)22(29)26-23-25-17(11-32-23)12-4-6-14(24)7-5-12/h4-7,9-11H,8H2,1-3H3,(H,25,26,29). The van der Waals surface area contributed by atoms with Gasteiger partial charge in [0.2, 0.25) is 0 Å². The number of benzene rings is 2. The van der Waals surface area contributed by atoms with Gasteiger partial charge in [-0.1, -0.05) is 23.7 Å². The predicted molar refractivity (Wildman–Crippen MR) is 125 cm³/mol. The number of hydrogen-bond acceptors (Lipinski definition) is 6. The summed E-state index contributed by atoms with van der Waals surface area (Å²) in [5.74, 6) is 1.02. The molecule has 162 valence electrons. The van der Waals surface area contributed by atoms with Gasteiger partial charge >= 0.3 is 0 Å². The fourth-order valence-corrected chi connectivity index (χ4v) is 4.81. The molecule has 0 aliphatic heterocycles. The lowest BCUT2D eigenvalue weighted by molar-refractivity contribution is 0.102. The van der Waals surface area contributed by atoms with E-state index in [1.807, 2.05) is 48.8 Å². The summed E-state index contributed by atoms with van der Waals surface area (Å²) in [5.41, 5.74) is 5.95. The van der Waals surface area contributed by atoms with Gasteiger partial charge in [-0.2, -0.15) is 5.10 Å². The first-order chi connectivity index (χ1) is 15.5. The van der Waals surface area contributed by atoms with Crippen molar-refractivity contribution in [1.82, 2.24) is 14.8 Å². The van der Waals surface area contributed by atoms with Crippen molar-refractivity contribution in [3.8, 4) is 34.0 Å². The predicted octanol–water partition coefficient (Wildman–Crippen LogP) is 5.04. The highest BCUT2D eigenvalue weighted by Crippen LogP contribution is 2.43. The van der Waals surface area contributed by atoms with Crippen LogP contribution in [-0.2, 0) is 13.5 Å². The van der Waals surface area contributed by atoms with Crippen LogP contribution >= 0.6 is 22.9 Å². The molecule has 0 atom stereocenters. The Morgan fingerprint density at radius 3 is 2.59 bits per heavy atom. The lowest BCUT2D eigenvalue weighted by Gasteiger charge is -2.11. The van der Waals surface area contributed by atoms with Gasteiger partial charge in [-0.25, -0.2) is 4.98 Å². The van der Waals surface area contributed by atoms with Crippen LogP contribution in [0.4, 0.5) is 5.13 Å². The van der Waals surface area contributed by atoms with E-state index in [0.717, 1.165) is 33.6 Å². The summed E-state index contributed by atoms with van der Waals surface area (Å²) in [7, 11) is 5.05. The Morgan fingerprint density at radius 1 is 1.16 bits per heavy atom. The number of rotatable bonds is 5. The van der Waals surface area contributed by atoms with Gasteiger partial charge in [-0.05, 0) is 29.8 Å². The van der Waals surface area contributed by atoms with Crippen LogP contribution in [-0.4, -0.2) is 34.9 Å². The number of thiazole rings is 1. The van der Waals surface area contributed by atoms with Crippen molar-refractivity contribution in [3.63, 3.8) is 0 Å². The number of hydrogen-bond donors (Lipinski definition) is 1. The summed E-state index contributed by atoms with van der Waals surface area (Å²) < 4.78 is 12.6. The maximum absolute atomic E-state index is 13.1. The molecular formula is C23H19ClN4O3S. The molecule has 1 aliphatic carbocycles. The topological polar surface area (TPSA) is 78.3 Å². The van der Waals surface area contributed by atoms with Crippen LogP contribution in [0.15, 0.2) is 41.8 Å². The van der Waals surface area contributed by atoms with Gasteiger partial charge in [-0.3, -0.25) is 14.8 Å². The molecule has 9 heteroatoms. The molecule has 32 heavy (non-hydrogen) atoms. The van der Waals surface area contributed by atoms with Gasteiger partial charge in [-0.15, -0.1) is 11.3 Å². The maximum Gasteiger partial charge on any atom is 0.278 e. The van der Waals surface area contributed by atoms with Crippen LogP contribution in [0.25, 0.3) is 22.5 Å². The molecule has 1 amide bonds. The van der Waals surface area contributed by atoms with E-state index in [-0.39, 0.29) is 5.91 Å². The Kier molecular flexibility index (Phi) is 5.11.